The number of carbonyl (C=O) groups is 1. The summed E-state index contributed by atoms with van der Waals surface area (Å²) in [4.78, 5) is 13.4. The molecule has 30 heavy (non-hydrogen) atoms. The van der Waals surface area contributed by atoms with Gasteiger partial charge in [0.25, 0.3) is 5.91 Å². The van der Waals surface area contributed by atoms with E-state index in [0.29, 0.717) is 0 Å². The van der Waals surface area contributed by atoms with Crippen LogP contribution in [0.3, 0.4) is 0 Å². The number of anilines is 1. The zero-order valence-electron chi connectivity index (χ0n) is 17.6. The molecule has 0 radical (unpaired) electrons. The van der Waals surface area contributed by atoms with E-state index in [2.05, 4.69) is 60.1 Å². The molecule has 0 bridgehead atoms. The lowest BCUT2D eigenvalue weighted by atomic mass is 9.86. The standard InChI is InChI=1S/C25H28N4O/c1-25(2,3)18-14-12-17(13-15-18)23(27-19-8-5-4-6-9-19)24(30)28-21-10-7-11-22-20(21)16-26-29-22/h4-16,20,22-23,27,29H,1-3H3,(H,28,30). The Hall–Kier alpha value is -3.34. The molecule has 1 heterocycles. The van der Waals surface area contributed by atoms with Crippen LogP contribution in [-0.2, 0) is 10.2 Å². The lowest BCUT2D eigenvalue weighted by molar-refractivity contribution is -0.121. The van der Waals surface area contributed by atoms with Crippen molar-refractivity contribution in [1.29, 1.82) is 0 Å². The fourth-order valence-corrected chi connectivity index (χ4v) is 3.73. The summed E-state index contributed by atoms with van der Waals surface area (Å²) in [5.41, 5.74) is 7.03. The fourth-order valence-electron chi connectivity index (χ4n) is 3.73. The minimum Gasteiger partial charge on any atom is -0.370 e. The van der Waals surface area contributed by atoms with E-state index in [1.807, 2.05) is 60.8 Å². The maximum atomic E-state index is 13.4. The van der Waals surface area contributed by atoms with Crippen molar-refractivity contribution < 1.29 is 4.79 Å². The van der Waals surface area contributed by atoms with E-state index in [0.717, 1.165) is 16.9 Å². The second-order valence-corrected chi connectivity index (χ2v) is 8.77. The maximum Gasteiger partial charge on any atom is 0.251 e. The normalized spacial score (nSPS) is 20.7. The molecule has 1 amide bonds. The summed E-state index contributed by atoms with van der Waals surface area (Å²) in [5.74, 6) is -0.0532. The molecular weight excluding hydrogens is 372 g/mol. The Kier molecular flexibility index (Phi) is 5.44. The molecule has 2 aromatic rings. The van der Waals surface area contributed by atoms with E-state index in [1.165, 1.54) is 5.56 Å². The molecule has 1 aliphatic carbocycles. The third-order valence-corrected chi connectivity index (χ3v) is 5.52. The lowest BCUT2D eigenvalue weighted by Crippen LogP contribution is -2.39. The Labute approximate surface area is 178 Å². The quantitative estimate of drug-likeness (QED) is 0.702. The van der Waals surface area contributed by atoms with Crippen molar-refractivity contribution in [1.82, 2.24) is 10.7 Å². The van der Waals surface area contributed by atoms with Gasteiger partial charge in [0.1, 0.15) is 6.04 Å². The maximum absolute atomic E-state index is 13.4. The predicted molar refractivity (Wildman–Crippen MR) is 122 cm³/mol. The van der Waals surface area contributed by atoms with Crippen LogP contribution in [0.5, 0.6) is 0 Å². The van der Waals surface area contributed by atoms with E-state index in [4.69, 9.17) is 0 Å². The predicted octanol–water partition coefficient (Wildman–Crippen LogP) is 4.28. The van der Waals surface area contributed by atoms with Crippen molar-refractivity contribution in [2.24, 2.45) is 11.0 Å². The molecule has 2 aromatic carbocycles. The zero-order valence-corrected chi connectivity index (χ0v) is 17.6. The minimum atomic E-state index is -0.516. The molecule has 3 atom stereocenters. The summed E-state index contributed by atoms with van der Waals surface area (Å²) < 4.78 is 0. The van der Waals surface area contributed by atoms with Crippen LogP contribution in [0.25, 0.3) is 0 Å². The first-order valence-electron chi connectivity index (χ1n) is 10.3. The molecule has 4 rings (SSSR count). The number of rotatable bonds is 5. The van der Waals surface area contributed by atoms with E-state index in [1.54, 1.807) is 0 Å². The Bertz CT molecular complexity index is 984. The number of nitrogens with zero attached hydrogens (tertiary/aromatic N) is 1. The fraction of sp³-hybridized carbons (Fsp3) is 0.280. The highest BCUT2D eigenvalue weighted by Gasteiger charge is 2.30. The van der Waals surface area contributed by atoms with Crippen molar-refractivity contribution in [3.63, 3.8) is 0 Å². The van der Waals surface area contributed by atoms with Crippen molar-refractivity contribution in [2.45, 2.75) is 38.3 Å². The van der Waals surface area contributed by atoms with Crippen LogP contribution in [0.2, 0.25) is 0 Å². The largest absolute Gasteiger partial charge is 0.370 e. The van der Waals surface area contributed by atoms with E-state index >= 15 is 0 Å². The summed E-state index contributed by atoms with van der Waals surface area (Å²) in [5, 5.41) is 10.7. The highest BCUT2D eigenvalue weighted by Crippen LogP contribution is 2.27. The molecule has 5 heteroatoms. The number of hydrogen-bond acceptors (Lipinski definition) is 4. The topological polar surface area (TPSA) is 65.5 Å². The number of allylic oxidation sites excluding steroid dienone is 2. The van der Waals surface area contributed by atoms with Crippen molar-refractivity contribution >= 4 is 17.8 Å². The molecule has 1 aliphatic heterocycles. The molecule has 2 aliphatic rings. The van der Waals surface area contributed by atoms with Gasteiger partial charge in [0, 0.05) is 17.6 Å². The van der Waals surface area contributed by atoms with Gasteiger partial charge in [0.15, 0.2) is 0 Å². The molecule has 154 valence electrons. The Balaban J connectivity index is 1.60. The molecule has 0 aromatic heterocycles. The molecular formula is C25H28N4O. The molecule has 3 unspecified atom stereocenters. The first-order chi connectivity index (χ1) is 14.4. The zero-order chi connectivity index (χ0) is 21.1. The van der Waals surface area contributed by atoms with Gasteiger partial charge in [-0.05, 0) is 34.8 Å². The molecule has 0 spiro atoms. The first kappa shape index (κ1) is 20.0. The van der Waals surface area contributed by atoms with Gasteiger partial charge in [-0.15, -0.1) is 0 Å². The van der Waals surface area contributed by atoms with Crippen LogP contribution in [0.1, 0.15) is 37.9 Å². The third kappa shape index (κ3) is 4.30. The van der Waals surface area contributed by atoms with Gasteiger partial charge in [0.2, 0.25) is 0 Å². The van der Waals surface area contributed by atoms with E-state index < -0.39 is 6.04 Å². The smallest absolute Gasteiger partial charge is 0.251 e. The molecule has 0 saturated heterocycles. The highest BCUT2D eigenvalue weighted by molar-refractivity contribution is 5.88. The van der Waals surface area contributed by atoms with Gasteiger partial charge in [-0.2, -0.15) is 5.10 Å². The number of para-hydroxylation sites is 1. The third-order valence-electron chi connectivity index (χ3n) is 5.52. The number of fused-ring (bicyclic) bond motifs is 1. The second-order valence-electron chi connectivity index (χ2n) is 8.77. The highest BCUT2D eigenvalue weighted by atomic mass is 16.2. The van der Waals surface area contributed by atoms with Crippen LogP contribution >= 0.6 is 0 Å². The molecule has 0 saturated carbocycles. The van der Waals surface area contributed by atoms with E-state index in [-0.39, 0.29) is 23.3 Å². The Morgan fingerprint density at radius 1 is 1.07 bits per heavy atom. The summed E-state index contributed by atoms with van der Waals surface area (Å²) in [6.07, 6.45) is 7.80. The number of amides is 1. The van der Waals surface area contributed by atoms with Gasteiger partial charge in [-0.1, -0.05) is 75.4 Å². The van der Waals surface area contributed by atoms with Crippen LogP contribution in [0.15, 0.2) is 83.6 Å². The SMILES string of the molecule is CC(C)(C)c1ccc(C(Nc2ccccc2)C(=O)NC2=CC=CC3NN=CC23)cc1. The van der Waals surface area contributed by atoms with Gasteiger partial charge in [0.05, 0.1) is 12.0 Å². The summed E-state index contributed by atoms with van der Waals surface area (Å²) in [6, 6.07) is 17.7. The summed E-state index contributed by atoms with van der Waals surface area (Å²) >= 11 is 0. The van der Waals surface area contributed by atoms with Crippen molar-refractivity contribution in [2.75, 3.05) is 5.32 Å². The average Bonchev–Trinajstić information content (AvgIpc) is 3.22. The Morgan fingerprint density at radius 3 is 2.50 bits per heavy atom. The molecule has 3 N–H and O–H groups in total. The van der Waals surface area contributed by atoms with Gasteiger partial charge in [-0.25, -0.2) is 0 Å². The average molecular weight is 401 g/mol. The Morgan fingerprint density at radius 2 is 1.80 bits per heavy atom. The summed E-state index contributed by atoms with van der Waals surface area (Å²) in [7, 11) is 0. The monoisotopic (exact) mass is 400 g/mol. The number of hydrazone groups is 1. The number of nitrogens with one attached hydrogen (secondary N) is 3. The van der Waals surface area contributed by atoms with E-state index in [9.17, 15) is 4.79 Å². The summed E-state index contributed by atoms with van der Waals surface area (Å²) in [6.45, 7) is 6.56. The van der Waals surface area contributed by atoms with Gasteiger partial charge < -0.3 is 16.1 Å². The molecule has 5 nitrogen and oxygen atoms in total. The lowest BCUT2D eigenvalue weighted by Gasteiger charge is -2.26. The van der Waals surface area contributed by atoms with Crippen LogP contribution in [0.4, 0.5) is 5.69 Å². The van der Waals surface area contributed by atoms with Gasteiger partial charge >= 0.3 is 0 Å². The van der Waals surface area contributed by atoms with Gasteiger partial charge in [-0.3, -0.25) is 4.79 Å². The van der Waals surface area contributed by atoms with Crippen LogP contribution in [0, 0.1) is 5.92 Å². The number of hydrogen-bond donors (Lipinski definition) is 3. The van der Waals surface area contributed by atoms with Crippen LogP contribution < -0.4 is 16.1 Å². The van der Waals surface area contributed by atoms with Crippen molar-refractivity contribution in [3.8, 4) is 0 Å². The first-order valence-corrected chi connectivity index (χ1v) is 10.3. The number of carbonyl (C=O) groups excluding carboxylic acids is 1. The van der Waals surface area contributed by atoms with Crippen LogP contribution in [-0.4, -0.2) is 18.2 Å². The van der Waals surface area contributed by atoms with Crippen molar-refractivity contribution in [3.05, 3.63) is 89.6 Å². The number of benzene rings is 2. The minimum absolute atomic E-state index is 0.0413. The molecule has 0 fully saturated rings. The second kappa shape index (κ2) is 8.19.